The molecule has 0 heterocycles. The van der Waals surface area contributed by atoms with Crippen LogP contribution in [0.15, 0.2) is 0 Å². The Balaban J connectivity index is 3.70. The zero-order valence-electron chi connectivity index (χ0n) is 18.2. The maximum Gasteiger partial charge on any atom is 0.306 e. The molecule has 4 nitrogen and oxygen atoms in total. The van der Waals surface area contributed by atoms with Gasteiger partial charge in [0, 0.05) is 12.8 Å². The summed E-state index contributed by atoms with van der Waals surface area (Å²) in [6, 6.07) is 0. The normalized spacial score (nSPS) is 11.0. The maximum atomic E-state index is 11.9. The molecule has 0 atom stereocenters. The lowest BCUT2D eigenvalue weighted by Gasteiger charge is -2.14. The average molecular weight is 385 g/mol. The summed E-state index contributed by atoms with van der Waals surface area (Å²) in [5.74, 6) is -0.336. The van der Waals surface area contributed by atoms with Gasteiger partial charge in [0.25, 0.3) is 0 Å². The highest BCUT2D eigenvalue weighted by Gasteiger charge is 2.17. The van der Waals surface area contributed by atoms with Crippen molar-refractivity contribution in [2.45, 2.75) is 117 Å². The molecule has 0 saturated carbocycles. The van der Waals surface area contributed by atoms with Crippen molar-refractivity contribution in [3.63, 3.8) is 0 Å². The largest absolute Gasteiger partial charge is 0.466 e. The number of hydrogen-bond donors (Lipinski definition) is 0. The molecule has 160 valence electrons. The molecule has 0 rings (SSSR count). The molecule has 0 bridgehead atoms. The summed E-state index contributed by atoms with van der Waals surface area (Å²) in [6.07, 6.45) is 15.6. The van der Waals surface area contributed by atoms with Crippen molar-refractivity contribution >= 4 is 11.9 Å². The number of carbonyl (C=O) groups excluding carboxylic acids is 2. The van der Waals surface area contributed by atoms with E-state index in [-0.39, 0.29) is 17.9 Å². The van der Waals surface area contributed by atoms with Crippen LogP contribution in [-0.4, -0.2) is 25.2 Å². The molecule has 0 unspecified atom stereocenters. The minimum absolute atomic E-state index is 0.0270. The minimum Gasteiger partial charge on any atom is -0.466 e. The van der Waals surface area contributed by atoms with Gasteiger partial charge >= 0.3 is 11.9 Å². The zero-order valence-corrected chi connectivity index (χ0v) is 18.2. The first kappa shape index (κ1) is 25.9. The van der Waals surface area contributed by atoms with E-state index in [0.29, 0.717) is 26.1 Å². The Kier molecular flexibility index (Phi) is 18.9. The number of esters is 2. The van der Waals surface area contributed by atoms with Crippen LogP contribution in [0.4, 0.5) is 0 Å². The topological polar surface area (TPSA) is 52.6 Å². The molecule has 0 spiro atoms. The second-order valence-electron chi connectivity index (χ2n) is 7.66. The fraction of sp³-hybridized carbons (Fsp3) is 0.913. The monoisotopic (exact) mass is 384 g/mol. The Morgan fingerprint density at radius 2 is 0.963 bits per heavy atom. The first-order valence-electron chi connectivity index (χ1n) is 11.4. The van der Waals surface area contributed by atoms with Crippen LogP contribution in [-0.2, 0) is 19.1 Å². The molecule has 0 aromatic carbocycles. The summed E-state index contributed by atoms with van der Waals surface area (Å²) in [4.78, 5) is 23.9. The molecule has 4 heteroatoms. The van der Waals surface area contributed by atoms with Gasteiger partial charge in [0.1, 0.15) is 0 Å². The zero-order chi connectivity index (χ0) is 20.2. The standard InChI is InChI=1S/C23H44O4/c1-4-7-9-11-13-15-17-26-22(24)19-21(6-3)20-23(25)27-18-16-14-12-10-8-5-2/h21H,4-20H2,1-3H3. The molecule has 0 aliphatic rings. The molecule has 0 aromatic rings. The van der Waals surface area contributed by atoms with E-state index in [4.69, 9.17) is 9.47 Å². The van der Waals surface area contributed by atoms with E-state index < -0.39 is 0 Å². The van der Waals surface area contributed by atoms with Crippen LogP contribution in [0.3, 0.4) is 0 Å². The summed E-state index contributed by atoms with van der Waals surface area (Å²) in [7, 11) is 0. The Morgan fingerprint density at radius 3 is 1.33 bits per heavy atom. The number of rotatable bonds is 19. The molecular formula is C23H44O4. The Hall–Kier alpha value is -1.06. The van der Waals surface area contributed by atoms with Crippen molar-refractivity contribution in [2.75, 3.05) is 13.2 Å². The average Bonchev–Trinajstić information content (AvgIpc) is 2.66. The Morgan fingerprint density at radius 1 is 0.593 bits per heavy atom. The van der Waals surface area contributed by atoms with E-state index in [0.717, 1.165) is 32.1 Å². The van der Waals surface area contributed by atoms with E-state index in [9.17, 15) is 9.59 Å². The first-order chi connectivity index (χ1) is 13.1. The lowest BCUT2D eigenvalue weighted by molar-refractivity contribution is -0.147. The third-order valence-corrected chi connectivity index (χ3v) is 5.01. The first-order valence-corrected chi connectivity index (χ1v) is 11.4. The third kappa shape index (κ3) is 18.1. The minimum atomic E-state index is -0.181. The Bertz CT molecular complexity index is 322. The molecule has 0 amide bonds. The molecule has 0 fully saturated rings. The molecule has 0 aliphatic carbocycles. The summed E-state index contributed by atoms with van der Waals surface area (Å²) in [5.41, 5.74) is 0. The molecule has 0 aliphatic heterocycles. The van der Waals surface area contributed by atoms with Gasteiger partial charge in [0.2, 0.25) is 0 Å². The highest BCUT2D eigenvalue weighted by Crippen LogP contribution is 2.16. The quantitative estimate of drug-likeness (QED) is 0.186. The van der Waals surface area contributed by atoms with E-state index in [2.05, 4.69) is 13.8 Å². The van der Waals surface area contributed by atoms with Gasteiger partial charge in [0.05, 0.1) is 13.2 Å². The third-order valence-electron chi connectivity index (χ3n) is 5.01. The molecule has 0 N–H and O–H groups in total. The second kappa shape index (κ2) is 19.7. The van der Waals surface area contributed by atoms with E-state index in [1.165, 1.54) is 51.4 Å². The summed E-state index contributed by atoms with van der Waals surface area (Å²) < 4.78 is 10.6. The van der Waals surface area contributed by atoms with Gasteiger partial charge in [-0.2, -0.15) is 0 Å². The van der Waals surface area contributed by atoms with Crippen LogP contribution >= 0.6 is 0 Å². The molecule has 0 saturated heterocycles. The van der Waals surface area contributed by atoms with Gasteiger partial charge in [-0.15, -0.1) is 0 Å². The highest BCUT2D eigenvalue weighted by atomic mass is 16.5. The van der Waals surface area contributed by atoms with Gasteiger partial charge in [-0.05, 0) is 18.8 Å². The lowest BCUT2D eigenvalue weighted by Crippen LogP contribution is -2.17. The van der Waals surface area contributed by atoms with E-state index >= 15 is 0 Å². The maximum absolute atomic E-state index is 11.9. The summed E-state index contributed by atoms with van der Waals surface area (Å²) >= 11 is 0. The van der Waals surface area contributed by atoms with Crippen molar-refractivity contribution in [1.82, 2.24) is 0 Å². The van der Waals surface area contributed by atoms with Crippen molar-refractivity contribution in [2.24, 2.45) is 5.92 Å². The van der Waals surface area contributed by atoms with Crippen molar-refractivity contribution in [1.29, 1.82) is 0 Å². The predicted molar refractivity (Wildman–Crippen MR) is 112 cm³/mol. The van der Waals surface area contributed by atoms with Crippen LogP contribution in [0.5, 0.6) is 0 Å². The number of unbranched alkanes of at least 4 members (excludes halogenated alkanes) is 10. The summed E-state index contributed by atoms with van der Waals surface area (Å²) in [5, 5.41) is 0. The molecule has 27 heavy (non-hydrogen) atoms. The lowest BCUT2D eigenvalue weighted by atomic mass is 9.99. The predicted octanol–water partition coefficient (Wildman–Crippen LogP) is 6.60. The SMILES string of the molecule is CCCCCCCCOC(=O)CC(CC)CC(=O)OCCCCCCCC. The van der Waals surface area contributed by atoms with E-state index in [1.807, 2.05) is 6.92 Å². The van der Waals surface area contributed by atoms with Crippen molar-refractivity contribution < 1.29 is 19.1 Å². The van der Waals surface area contributed by atoms with Gasteiger partial charge in [-0.25, -0.2) is 0 Å². The van der Waals surface area contributed by atoms with E-state index in [1.54, 1.807) is 0 Å². The van der Waals surface area contributed by atoms with Crippen LogP contribution in [0, 0.1) is 5.92 Å². The Labute approximate surface area is 167 Å². The van der Waals surface area contributed by atoms with Crippen molar-refractivity contribution in [3.8, 4) is 0 Å². The van der Waals surface area contributed by atoms with Gasteiger partial charge < -0.3 is 9.47 Å². The van der Waals surface area contributed by atoms with Gasteiger partial charge in [-0.1, -0.05) is 91.4 Å². The number of ether oxygens (including phenoxy) is 2. The highest BCUT2D eigenvalue weighted by molar-refractivity contribution is 5.73. The van der Waals surface area contributed by atoms with Crippen LogP contribution in [0.2, 0.25) is 0 Å². The van der Waals surface area contributed by atoms with Crippen LogP contribution < -0.4 is 0 Å². The summed E-state index contributed by atoms with van der Waals surface area (Å²) in [6.45, 7) is 7.42. The molecule has 0 radical (unpaired) electrons. The smallest absolute Gasteiger partial charge is 0.306 e. The number of carbonyl (C=O) groups is 2. The number of hydrogen-bond acceptors (Lipinski definition) is 4. The van der Waals surface area contributed by atoms with Gasteiger partial charge in [0.15, 0.2) is 0 Å². The van der Waals surface area contributed by atoms with Crippen LogP contribution in [0.1, 0.15) is 117 Å². The van der Waals surface area contributed by atoms with Crippen LogP contribution in [0.25, 0.3) is 0 Å². The second-order valence-corrected chi connectivity index (χ2v) is 7.66. The fourth-order valence-electron chi connectivity index (χ4n) is 3.09. The fourth-order valence-corrected chi connectivity index (χ4v) is 3.09. The molecule has 0 aromatic heterocycles. The molecular weight excluding hydrogens is 340 g/mol. The van der Waals surface area contributed by atoms with Crippen molar-refractivity contribution in [3.05, 3.63) is 0 Å². The van der Waals surface area contributed by atoms with Gasteiger partial charge in [-0.3, -0.25) is 9.59 Å².